The molecule has 0 spiro atoms. The molecule has 9 heteroatoms. The lowest BCUT2D eigenvalue weighted by Crippen LogP contribution is -2.33. The number of aromatic nitrogens is 2. The smallest absolute Gasteiger partial charge is 0.421 e. The Hall–Kier alpha value is -2.65. The minimum absolute atomic E-state index is 0.119. The standard InChI is InChI=1S/C23H29N3O4S2/c1-5-17(4)30-23(27)25-32(28,29)22-21(13-20(31-22)11-16(2)3)19-8-6-7-18(12-19)14-26-10-9-24-15-26/h6-10,12-13,15-17H,5,11,14H2,1-4H3,(H,25,27). The van der Waals surface area contributed by atoms with Crippen molar-refractivity contribution < 1.29 is 17.9 Å². The van der Waals surface area contributed by atoms with E-state index in [1.54, 1.807) is 19.4 Å². The van der Waals surface area contributed by atoms with Crippen LogP contribution in [0.2, 0.25) is 0 Å². The van der Waals surface area contributed by atoms with E-state index in [-0.39, 0.29) is 10.3 Å². The van der Waals surface area contributed by atoms with Crippen LogP contribution in [0.5, 0.6) is 0 Å². The van der Waals surface area contributed by atoms with Crippen molar-refractivity contribution in [2.24, 2.45) is 5.92 Å². The zero-order valence-electron chi connectivity index (χ0n) is 18.7. The van der Waals surface area contributed by atoms with E-state index in [0.29, 0.717) is 24.4 Å². The fourth-order valence-electron chi connectivity index (χ4n) is 3.20. The van der Waals surface area contributed by atoms with Gasteiger partial charge in [-0.25, -0.2) is 22.9 Å². The molecule has 1 aromatic carbocycles. The third-order valence-corrected chi connectivity index (χ3v) is 7.87. The average Bonchev–Trinajstić information content (AvgIpc) is 3.37. The molecule has 0 aliphatic heterocycles. The first-order valence-electron chi connectivity index (χ1n) is 10.6. The van der Waals surface area contributed by atoms with E-state index in [9.17, 15) is 13.2 Å². The highest BCUT2D eigenvalue weighted by Gasteiger charge is 2.27. The topological polar surface area (TPSA) is 90.3 Å². The monoisotopic (exact) mass is 475 g/mol. The molecule has 172 valence electrons. The van der Waals surface area contributed by atoms with Gasteiger partial charge in [-0.3, -0.25) is 0 Å². The predicted octanol–water partition coefficient (Wildman–Crippen LogP) is 5.07. The van der Waals surface area contributed by atoms with Gasteiger partial charge in [0.15, 0.2) is 0 Å². The molecular formula is C23H29N3O4S2. The maximum atomic E-state index is 13.1. The van der Waals surface area contributed by atoms with Gasteiger partial charge in [0.05, 0.1) is 6.33 Å². The van der Waals surface area contributed by atoms with Crippen molar-refractivity contribution in [3.05, 3.63) is 59.5 Å². The van der Waals surface area contributed by atoms with Crippen molar-refractivity contribution in [1.29, 1.82) is 0 Å². The minimum atomic E-state index is -4.09. The van der Waals surface area contributed by atoms with Gasteiger partial charge in [0.25, 0.3) is 10.0 Å². The maximum Gasteiger partial charge on any atom is 0.421 e. The maximum absolute atomic E-state index is 13.1. The average molecular weight is 476 g/mol. The third-order valence-electron chi connectivity index (χ3n) is 4.87. The summed E-state index contributed by atoms with van der Waals surface area (Å²) in [6, 6.07) is 9.66. The molecule has 0 radical (unpaired) electrons. The molecule has 0 saturated carbocycles. The molecular weight excluding hydrogens is 446 g/mol. The van der Waals surface area contributed by atoms with Crippen LogP contribution in [-0.4, -0.2) is 30.2 Å². The first kappa shape index (κ1) is 24.0. The Bertz CT molecular complexity index is 1150. The molecule has 1 unspecified atom stereocenters. The zero-order chi connectivity index (χ0) is 23.3. The fraction of sp³-hybridized carbons (Fsp3) is 0.391. The largest absolute Gasteiger partial charge is 0.446 e. The van der Waals surface area contributed by atoms with E-state index in [0.717, 1.165) is 22.4 Å². The van der Waals surface area contributed by atoms with Crippen LogP contribution in [0.25, 0.3) is 11.1 Å². The number of nitrogens with one attached hydrogen (secondary N) is 1. The van der Waals surface area contributed by atoms with Gasteiger partial charge >= 0.3 is 6.09 Å². The summed E-state index contributed by atoms with van der Waals surface area (Å²) in [5.74, 6) is 0.368. The van der Waals surface area contributed by atoms with E-state index in [4.69, 9.17) is 4.74 Å². The molecule has 1 N–H and O–H groups in total. The lowest BCUT2D eigenvalue weighted by atomic mass is 10.0. The van der Waals surface area contributed by atoms with Crippen molar-refractivity contribution in [1.82, 2.24) is 14.3 Å². The van der Waals surface area contributed by atoms with Gasteiger partial charge < -0.3 is 9.30 Å². The predicted molar refractivity (Wildman–Crippen MR) is 126 cm³/mol. The molecule has 3 rings (SSSR count). The van der Waals surface area contributed by atoms with Gasteiger partial charge in [0, 0.05) is 29.4 Å². The zero-order valence-corrected chi connectivity index (χ0v) is 20.4. The highest BCUT2D eigenvalue weighted by atomic mass is 32.2. The van der Waals surface area contributed by atoms with Gasteiger partial charge in [-0.05, 0) is 48.9 Å². The Labute approximate surface area is 193 Å². The molecule has 1 amide bonds. The van der Waals surface area contributed by atoms with Crippen LogP contribution in [0.3, 0.4) is 0 Å². The number of hydrogen-bond acceptors (Lipinski definition) is 6. The first-order chi connectivity index (χ1) is 15.2. The van der Waals surface area contributed by atoms with Crippen molar-refractivity contribution >= 4 is 27.5 Å². The number of benzene rings is 1. The molecule has 1 atom stereocenters. The number of carbonyl (C=O) groups is 1. The second kappa shape index (κ2) is 10.3. The van der Waals surface area contributed by atoms with Crippen LogP contribution in [-0.2, 0) is 27.7 Å². The molecule has 0 aliphatic rings. The fourth-order valence-corrected chi connectivity index (χ4v) is 6.03. The van der Waals surface area contributed by atoms with Crippen LogP contribution < -0.4 is 4.72 Å². The first-order valence-corrected chi connectivity index (χ1v) is 12.9. The summed E-state index contributed by atoms with van der Waals surface area (Å²) >= 11 is 1.19. The van der Waals surface area contributed by atoms with Crippen LogP contribution in [0.1, 0.15) is 44.6 Å². The summed E-state index contributed by atoms with van der Waals surface area (Å²) in [6.07, 6.45) is 5.35. The Morgan fingerprint density at radius 2 is 2.03 bits per heavy atom. The highest BCUT2D eigenvalue weighted by Crippen LogP contribution is 2.36. The Kier molecular flexibility index (Phi) is 7.73. The number of sulfonamides is 1. The van der Waals surface area contributed by atoms with Crippen molar-refractivity contribution in [3.8, 4) is 11.1 Å². The van der Waals surface area contributed by atoms with E-state index >= 15 is 0 Å². The van der Waals surface area contributed by atoms with Crippen molar-refractivity contribution in [2.45, 2.75) is 57.4 Å². The summed E-state index contributed by atoms with van der Waals surface area (Å²) in [4.78, 5) is 17.2. The molecule has 0 aliphatic carbocycles. The Balaban J connectivity index is 1.97. The second-order valence-corrected chi connectivity index (χ2v) is 11.2. The van der Waals surface area contributed by atoms with Gasteiger partial charge in [-0.1, -0.05) is 39.0 Å². The summed E-state index contributed by atoms with van der Waals surface area (Å²) in [6.45, 7) is 8.37. The molecule has 0 saturated heterocycles. The number of amides is 1. The van der Waals surface area contributed by atoms with Crippen LogP contribution in [0.15, 0.2) is 53.3 Å². The number of carbonyl (C=O) groups excluding carboxylic acids is 1. The quantitative estimate of drug-likeness (QED) is 0.466. The van der Waals surface area contributed by atoms with E-state index in [1.165, 1.54) is 11.3 Å². The molecule has 0 fully saturated rings. The molecule has 3 aromatic rings. The second-order valence-electron chi connectivity index (χ2n) is 8.18. The van der Waals surface area contributed by atoms with Crippen LogP contribution in [0, 0.1) is 5.92 Å². The van der Waals surface area contributed by atoms with Gasteiger partial charge in [-0.2, -0.15) is 0 Å². The highest BCUT2D eigenvalue weighted by molar-refractivity contribution is 7.92. The van der Waals surface area contributed by atoms with Crippen LogP contribution in [0.4, 0.5) is 4.79 Å². The van der Waals surface area contributed by atoms with Gasteiger partial charge in [0.1, 0.15) is 10.3 Å². The summed E-state index contributed by atoms with van der Waals surface area (Å²) in [5, 5.41) is 0. The number of ether oxygens (including phenoxy) is 1. The van der Waals surface area contributed by atoms with E-state index < -0.39 is 16.1 Å². The number of imidazole rings is 1. The van der Waals surface area contributed by atoms with E-state index in [1.807, 2.05) is 48.0 Å². The summed E-state index contributed by atoms with van der Waals surface area (Å²) in [7, 11) is -4.09. The lowest BCUT2D eigenvalue weighted by molar-refractivity contribution is 0.110. The van der Waals surface area contributed by atoms with E-state index in [2.05, 4.69) is 23.6 Å². The van der Waals surface area contributed by atoms with Gasteiger partial charge in [0.2, 0.25) is 0 Å². The minimum Gasteiger partial charge on any atom is -0.446 e. The number of thiophene rings is 1. The third kappa shape index (κ3) is 6.20. The Morgan fingerprint density at radius 3 is 2.69 bits per heavy atom. The molecule has 2 heterocycles. The molecule has 7 nitrogen and oxygen atoms in total. The summed E-state index contributed by atoms with van der Waals surface area (Å²) < 4.78 is 35.5. The van der Waals surface area contributed by atoms with Gasteiger partial charge in [-0.15, -0.1) is 11.3 Å². The SMILES string of the molecule is CCC(C)OC(=O)NS(=O)(=O)c1sc(CC(C)C)cc1-c1cccc(Cn2ccnc2)c1. The normalized spacial score (nSPS) is 12.7. The Morgan fingerprint density at radius 1 is 1.25 bits per heavy atom. The lowest BCUT2D eigenvalue weighted by Gasteiger charge is -2.12. The number of rotatable bonds is 9. The summed E-state index contributed by atoms with van der Waals surface area (Å²) in [5.41, 5.74) is 2.39. The van der Waals surface area contributed by atoms with Crippen LogP contribution >= 0.6 is 11.3 Å². The molecule has 0 bridgehead atoms. The van der Waals surface area contributed by atoms with Crippen molar-refractivity contribution in [2.75, 3.05) is 0 Å². The number of hydrogen-bond donors (Lipinski definition) is 1. The number of nitrogens with zero attached hydrogens (tertiary/aromatic N) is 2. The molecule has 2 aromatic heterocycles. The van der Waals surface area contributed by atoms with Crippen molar-refractivity contribution in [3.63, 3.8) is 0 Å². The molecule has 32 heavy (non-hydrogen) atoms.